The Labute approximate surface area is 180 Å². The van der Waals surface area contributed by atoms with Crippen LogP contribution in [0.5, 0.6) is 0 Å². The fourth-order valence-electron chi connectivity index (χ4n) is 3.37. The van der Waals surface area contributed by atoms with E-state index < -0.39 is 0 Å². The molecular weight excluding hydrogens is 380 g/mol. The summed E-state index contributed by atoms with van der Waals surface area (Å²) < 4.78 is 0. The van der Waals surface area contributed by atoms with Crippen molar-refractivity contribution in [2.24, 2.45) is 11.6 Å². The minimum Gasteiger partial charge on any atom is -0.382 e. The van der Waals surface area contributed by atoms with Crippen LogP contribution in [0.2, 0.25) is 0 Å². The van der Waals surface area contributed by atoms with Gasteiger partial charge in [-0.25, -0.2) is 0 Å². The third kappa shape index (κ3) is 6.49. The van der Waals surface area contributed by atoms with Crippen LogP contribution in [0, 0.1) is 0 Å². The van der Waals surface area contributed by atoms with Gasteiger partial charge in [-0.3, -0.25) is 5.84 Å². The van der Waals surface area contributed by atoms with Gasteiger partial charge in [0.2, 0.25) is 0 Å². The number of alkyl halides is 1. The van der Waals surface area contributed by atoms with E-state index in [1.54, 1.807) is 0 Å². The molecule has 2 aromatic carbocycles. The summed E-state index contributed by atoms with van der Waals surface area (Å²) in [6.07, 6.45) is 3.30. The van der Waals surface area contributed by atoms with Crippen LogP contribution in [-0.4, -0.2) is 12.4 Å². The molecule has 0 heterocycles. The third-order valence-corrected chi connectivity index (χ3v) is 5.85. The van der Waals surface area contributed by atoms with E-state index in [0.29, 0.717) is 13.1 Å². The molecule has 0 fully saturated rings. The maximum Gasteiger partial charge on any atom is 0.0451 e. The number of aryl methyl sites for hydroxylation is 1. The maximum absolute atomic E-state index is 5.78. The lowest BCUT2D eigenvalue weighted by Crippen LogP contribution is -2.29. The Morgan fingerprint density at radius 3 is 1.97 bits per heavy atom. The predicted molar refractivity (Wildman–Crippen MR) is 125 cm³/mol. The number of rotatable bonds is 11. The zero-order valence-corrected chi connectivity index (χ0v) is 18.7. The van der Waals surface area contributed by atoms with Crippen LogP contribution in [0.4, 0.5) is 0 Å². The summed E-state index contributed by atoms with van der Waals surface area (Å²) in [5.74, 6) is 6.21. The molecule has 0 unspecified atom stereocenters. The summed E-state index contributed by atoms with van der Waals surface area (Å²) in [5, 5.41) is 3.36. The van der Waals surface area contributed by atoms with Crippen molar-refractivity contribution in [3.8, 4) is 0 Å². The molecule has 2 aromatic rings. The van der Waals surface area contributed by atoms with Crippen molar-refractivity contribution in [2.75, 3.05) is 12.4 Å². The topological polar surface area (TPSA) is 76.1 Å². The summed E-state index contributed by atoms with van der Waals surface area (Å²) >= 11 is 5.78. The van der Waals surface area contributed by atoms with Gasteiger partial charge >= 0.3 is 0 Å². The van der Waals surface area contributed by atoms with Crippen LogP contribution in [0.3, 0.4) is 0 Å². The molecule has 0 aliphatic rings. The molecule has 0 atom stereocenters. The quantitative estimate of drug-likeness (QED) is 0.191. The van der Waals surface area contributed by atoms with Crippen molar-refractivity contribution in [1.29, 1.82) is 0 Å². The number of unbranched alkanes of at least 4 members (excludes halogenated alkanes) is 1. The highest BCUT2D eigenvalue weighted by Gasteiger charge is 2.22. The fourth-order valence-corrected chi connectivity index (χ4v) is 3.56. The molecule has 0 amide bonds. The van der Waals surface area contributed by atoms with Gasteiger partial charge in [0.15, 0.2) is 0 Å². The number of allylic oxidation sites excluding steroid dienone is 1. The van der Waals surface area contributed by atoms with Gasteiger partial charge in [-0.15, -0.1) is 11.6 Å². The largest absolute Gasteiger partial charge is 0.382 e. The molecular formula is C24H35ClN4. The van der Waals surface area contributed by atoms with E-state index in [9.17, 15) is 0 Å². The lowest BCUT2D eigenvalue weighted by atomic mass is 9.77. The summed E-state index contributed by atoms with van der Waals surface area (Å²) in [4.78, 5) is 0. The van der Waals surface area contributed by atoms with Gasteiger partial charge in [-0.1, -0.05) is 62.4 Å². The number of benzene rings is 2. The molecule has 0 radical (unpaired) electrons. The molecule has 0 bridgehead atoms. The van der Waals surface area contributed by atoms with Gasteiger partial charge < -0.3 is 16.5 Å². The smallest absolute Gasteiger partial charge is 0.0451 e. The average molecular weight is 415 g/mol. The molecule has 0 aliphatic carbocycles. The van der Waals surface area contributed by atoms with Crippen LogP contribution in [-0.2, 0) is 18.4 Å². The Kier molecular flexibility index (Phi) is 9.02. The zero-order chi connectivity index (χ0) is 21.3. The van der Waals surface area contributed by atoms with E-state index in [4.69, 9.17) is 23.2 Å². The van der Waals surface area contributed by atoms with Gasteiger partial charge in [0, 0.05) is 35.8 Å². The fraction of sp³-hybridized carbons (Fsp3) is 0.417. The predicted octanol–water partition coefficient (Wildman–Crippen LogP) is 4.32. The Bertz CT molecular complexity index is 780. The highest BCUT2D eigenvalue weighted by Crippen LogP contribution is 2.32. The molecule has 6 N–H and O–H groups in total. The molecule has 0 aliphatic heterocycles. The maximum atomic E-state index is 5.78. The number of hydrogen-bond donors (Lipinski definition) is 4. The summed E-state index contributed by atoms with van der Waals surface area (Å²) in [6.45, 7) is 7.58. The van der Waals surface area contributed by atoms with Crippen molar-refractivity contribution < 1.29 is 0 Å². The van der Waals surface area contributed by atoms with Crippen LogP contribution in [0.1, 0.15) is 55.9 Å². The summed E-state index contributed by atoms with van der Waals surface area (Å²) in [7, 11) is 0. The second kappa shape index (κ2) is 11.2. The van der Waals surface area contributed by atoms with E-state index in [1.165, 1.54) is 22.3 Å². The van der Waals surface area contributed by atoms with Gasteiger partial charge in [0.05, 0.1) is 0 Å². The molecule has 0 aromatic heterocycles. The highest BCUT2D eigenvalue weighted by molar-refractivity contribution is 6.17. The van der Waals surface area contributed by atoms with Crippen molar-refractivity contribution in [3.05, 3.63) is 82.2 Å². The SMILES string of the molecule is C/C(NN)=C(\CN)NCc1ccc(C(C)(C)c2ccc(CCCCCl)cc2)cc1. The summed E-state index contributed by atoms with van der Waals surface area (Å²) in [5.41, 5.74) is 15.4. The van der Waals surface area contributed by atoms with E-state index in [0.717, 1.165) is 36.5 Å². The number of nitrogens with two attached hydrogens (primary N) is 2. The minimum absolute atomic E-state index is 0.0526. The number of hydrazine groups is 1. The third-order valence-electron chi connectivity index (χ3n) is 5.58. The van der Waals surface area contributed by atoms with Crippen molar-refractivity contribution in [3.63, 3.8) is 0 Å². The molecule has 0 saturated heterocycles. The zero-order valence-electron chi connectivity index (χ0n) is 17.9. The Morgan fingerprint density at radius 1 is 0.931 bits per heavy atom. The molecule has 29 heavy (non-hydrogen) atoms. The molecule has 158 valence electrons. The first-order chi connectivity index (χ1) is 13.9. The Balaban J connectivity index is 2.05. The number of hydrogen-bond acceptors (Lipinski definition) is 4. The van der Waals surface area contributed by atoms with Gasteiger partial charge in [-0.2, -0.15) is 0 Å². The van der Waals surface area contributed by atoms with E-state index in [1.807, 2.05) is 6.92 Å². The average Bonchev–Trinajstić information content (AvgIpc) is 2.75. The Hall–Kier alpha value is -2.01. The molecule has 2 rings (SSSR count). The van der Waals surface area contributed by atoms with Crippen LogP contribution in [0.25, 0.3) is 0 Å². The Morgan fingerprint density at radius 2 is 1.48 bits per heavy atom. The minimum atomic E-state index is -0.0526. The van der Waals surface area contributed by atoms with Crippen molar-refractivity contribution in [1.82, 2.24) is 10.7 Å². The van der Waals surface area contributed by atoms with Gasteiger partial charge in [-0.05, 0) is 48.4 Å². The standard InChI is InChI=1S/C24H35ClN4/c1-18(29-27)23(16-26)28-17-20-9-13-22(14-10-20)24(2,3)21-11-7-19(8-12-21)6-4-5-15-25/h7-14,28-29H,4-6,15-17,26-27H2,1-3H3/b23-18-. The monoisotopic (exact) mass is 414 g/mol. The first-order valence-corrected chi connectivity index (χ1v) is 10.8. The first-order valence-electron chi connectivity index (χ1n) is 10.3. The van der Waals surface area contributed by atoms with Crippen LogP contribution in [0.15, 0.2) is 59.9 Å². The summed E-state index contributed by atoms with van der Waals surface area (Å²) in [6, 6.07) is 17.8. The molecule has 5 heteroatoms. The lowest BCUT2D eigenvalue weighted by molar-refractivity contribution is 0.639. The van der Waals surface area contributed by atoms with E-state index >= 15 is 0 Å². The van der Waals surface area contributed by atoms with Gasteiger partial charge in [0.25, 0.3) is 0 Å². The highest BCUT2D eigenvalue weighted by atomic mass is 35.5. The number of nitrogens with one attached hydrogen (secondary N) is 2. The molecule has 4 nitrogen and oxygen atoms in total. The van der Waals surface area contributed by atoms with E-state index in [-0.39, 0.29) is 5.41 Å². The molecule has 0 saturated carbocycles. The number of halogens is 1. The van der Waals surface area contributed by atoms with Crippen molar-refractivity contribution in [2.45, 2.75) is 52.0 Å². The van der Waals surface area contributed by atoms with Crippen LogP contribution < -0.4 is 22.3 Å². The molecule has 0 spiro atoms. The lowest BCUT2D eigenvalue weighted by Gasteiger charge is -2.26. The van der Waals surface area contributed by atoms with Crippen LogP contribution >= 0.6 is 11.6 Å². The second-order valence-electron chi connectivity index (χ2n) is 7.97. The first kappa shape index (κ1) is 23.3. The van der Waals surface area contributed by atoms with Crippen molar-refractivity contribution >= 4 is 11.6 Å². The normalized spacial score (nSPS) is 12.5. The second-order valence-corrected chi connectivity index (χ2v) is 8.35. The van der Waals surface area contributed by atoms with Gasteiger partial charge in [0.1, 0.15) is 0 Å². The van der Waals surface area contributed by atoms with E-state index in [2.05, 4.69) is 73.1 Å².